The summed E-state index contributed by atoms with van der Waals surface area (Å²) in [5.74, 6) is 6.43. The van der Waals surface area contributed by atoms with Crippen molar-refractivity contribution < 1.29 is 4.52 Å². The quantitative estimate of drug-likeness (QED) is 0.519. The second kappa shape index (κ2) is 4.06. The molecule has 0 bridgehead atoms. The lowest BCUT2D eigenvalue weighted by Crippen LogP contribution is -2.06. The summed E-state index contributed by atoms with van der Waals surface area (Å²) in [5, 5.41) is 3.73. The largest absolute Gasteiger partial charge is 0.335 e. The summed E-state index contributed by atoms with van der Waals surface area (Å²) in [6, 6.07) is 0.272. The van der Waals surface area contributed by atoms with E-state index in [2.05, 4.69) is 29.4 Å². The van der Waals surface area contributed by atoms with Gasteiger partial charge in [0.2, 0.25) is 0 Å². The predicted octanol–water partition coefficient (Wildman–Crippen LogP) is 0.944. The SMILES string of the molecule is CC(C)CCc1noc(NN)n1. The Bertz CT molecular complexity index is 233. The number of nitrogens with one attached hydrogen (secondary N) is 1. The maximum Gasteiger partial charge on any atom is 0.335 e. The van der Waals surface area contributed by atoms with E-state index in [4.69, 9.17) is 10.4 Å². The summed E-state index contributed by atoms with van der Waals surface area (Å²) in [7, 11) is 0. The minimum absolute atomic E-state index is 0.272. The van der Waals surface area contributed by atoms with Crippen LogP contribution >= 0.6 is 0 Å². The standard InChI is InChI=1S/C7H14N4O/c1-5(2)3-4-6-9-7(10-8)12-11-6/h5H,3-4,8H2,1-2H3,(H,9,10,11). The number of rotatable bonds is 4. The van der Waals surface area contributed by atoms with Gasteiger partial charge in [-0.25, -0.2) is 5.84 Å². The van der Waals surface area contributed by atoms with E-state index in [1.165, 1.54) is 0 Å². The van der Waals surface area contributed by atoms with Crippen LogP contribution < -0.4 is 11.3 Å². The van der Waals surface area contributed by atoms with Crippen LogP contribution in [0.25, 0.3) is 0 Å². The molecule has 0 saturated carbocycles. The van der Waals surface area contributed by atoms with Crippen molar-refractivity contribution in [3.63, 3.8) is 0 Å². The number of nitrogen functional groups attached to an aromatic ring is 1. The first-order valence-corrected chi connectivity index (χ1v) is 4.01. The van der Waals surface area contributed by atoms with E-state index < -0.39 is 0 Å². The normalized spacial score (nSPS) is 10.7. The number of hydrazine groups is 1. The molecular weight excluding hydrogens is 156 g/mol. The molecule has 3 N–H and O–H groups in total. The molecule has 1 rings (SSSR count). The lowest BCUT2D eigenvalue weighted by molar-refractivity contribution is 0.419. The maximum absolute atomic E-state index is 5.07. The molecule has 0 aliphatic heterocycles. The average Bonchev–Trinajstić information content (AvgIpc) is 2.48. The molecule has 0 saturated heterocycles. The molecule has 0 amide bonds. The van der Waals surface area contributed by atoms with Crippen LogP contribution in [0.15, 0.2) is 4.52 Å². The highest BCUT2D eigenvalue weighted by molar-refractivity contribution is 5.14. The number of anilines is 1. The molecule has 0 spiro atoms. The van der Waals surface area contributed by atoms with Crippen LogP contribution in [0.4, 0.5) is 6.01 Å². The van der Waals surface area contributed by atoms with Crippen LogP contribution in [-0.2, 0) is 6.42 Å². The molecule has 1 heterocycles. The van der Waals surface area contributed by atoms with Gasteiger partial charge < -0.3 is 4.52 Å². The Kier molecular flexibility index (Phi) is 3.04. The lowest BCUT2D eigenvalue weighted by atomic mass is 10.1. The van der Waals surface area contributed by atoms with Gasteiger partial charge >= 0.3 is 6.01 Å². The van der Waals surface area contributed by atoms with Crippen molar-refractivity contribution in [3.8, 4) is 0 Å². The van der Waals surface area contributed by atoms with E-state index >= 15 is 0 Å². The van der Waals surface area contributed by atoms with E-state index in [1.54, 1.807) is 0 Å². The maximum atomic E-state index is 5.07. The molecule has 0 aliphatic carbocycles. The van der Waals surface area contributed by atoms with Crippen LogP contribution in [0, 0.1) is 5.92 Å². The zero-order valence-electron chi connectivity index (χ0n) is 7.37. The molecule has 1 aromatic rings. The third-order valence-corrected chi connectivity index (χ3v) is 1.54. The molecule has 5 heteroatoms. The van der Waals surface area contributed by atoms with E-state index in [0.29, 0.717) is 11.7 Å². The van der Waals surface area contributed by atoms with Crippen molar-refractivity contribution >= 4 is 6.01 Å². The van der Waals surface area contributed by atoms with Gasteiger partial charge in [0.15, 0.2) is 5.82 Å². The molecule has 0 radical (unpaired) electrons. The summed E-state index contributed by atoms with van der Waals surface area (Å²) >= 11 is 0. The van der Waals surface area contributed by atoms with Crippen molar-refractivity contribution in [2.45, 2.75) is 26.7 Å². The van der Waals surface area contributed by atoms with Gasteiger partial charge in [0.25, 0.3) is 0 Å². The molecule has 0 fully saturated rings. The first-order valence-electron chi connectivity index (χ1n) is 4.01. The van der Waals surface area contributed by atoms with Crippen molar-refractivity contribution in [3.05, 3.63) is 5.82 Å². The minimum Gasteiger partial charge on any atom is -0.314 e. The van der Waals surface area contributed by atoms with Crippen LogP contribution in [0.3, 0.4) is 0 Å². The summed E-state index contributed by atoms with van der Waals surface area (Å²) in [6.45, 7) is 4.31. The van der Waals surface area contributed by atoms with Crippen molar-refractivity contribution in [2.24, 2.45) is 11.8 Å². The van der Waals surface area contributed by atoms with Crippen molar-refractivity contribution in [2.75, 3.05) is 5.43 Å². The van der Waals surface area contributed by atoms with Gasteiger partial charge in [0.1, 0.15) is 0 Å². The number of hydrogen-bond donors (Lipinski definition) is 2. The summed E-state index contributed by atoms with van der Waals surface area (Å²) in [6.07, 6.45) is 1.90. The molecule has 12 heavy (non-hydrogen) atoms. The van der Waals surface area contributed by atoms with Crippen LogP contribution in [-0.4, -0.2) is 10.1 Å². The summed E-state index contributed by atoms with van der Waals surface area (Å²) < 4.78 is 4.75. The fourth-order valence-corrected chi connectivity index (χ4v) is 0.832. The fourth-order valence-electron chi connectivity index (χ4n) is 0.832. The highest BCUT2D eigenvalue weighted by Gasteiger charge is 2.04. The predicted molar refractivity (Wildman–Crippen MR) is 45.3 cm³/mol. The second-order valence-corrected chi connectivity index (χ2v) is 3.09. The first-order chi connectivity index (χ1) is 5.72. The molecular formula is C7H14N4O. The number of hydrogen-bond acceptors (Lipinski definition) is 5. The van der Waals surface area contributed by atoms with Crippen molar-refractivity contribution in [1.82, 2.24) is 10.1 Å². The Hall–Kier alpha value is -1.10. The molecule has 1 aromatic heterocycles. The number of nitrogens with zero attached hydrogens (tertiary/aromatic N) is 2. The Morgan fingerprint density at radius 3 is 2.83 bits per heavy atom. The zero-order chi connectivity index (χ0) is 8.97. The molecule has 0 unspecified atom stereocenters. The van der Waals surface area contributed by atoms with Gasteiger partial charge in [-0.15, -0.1) is 0 Å². The Labute approximate surface area is 71.3 Å². The van der Waals surface area contributed by atoms with Crippen LogP contribution in [0.2, 0.25) is 0 Å². The fraction of sp³-hybridized carbons (Fsp3) is 0.714. The molecule has 0 aliphatic rings. The van der Waals surface area contributed by atoms with Gasteiger partial charge in [0.05, 0.1) is 0 Å². The van der Waals surface area contributed by atoms with E-state index in [0.717, 1.165) is 12.8 Å². The van der Waals surface area contributed by atoms with Gasteiger partial charge in [-0.05, 0) is 12.3 Å². The van der Waals surface area contributed by atoms with Crippen LogP contribution in [0.1, 0.15) is 26.1 Å². The number of aryl methyl sites for hydroxylation is 1. The molecule has 0 atom stereocenters. The van der Waals surface area contributed by atoms with E-state index in [1.807, 2.05) is 0 Å². The first kappa shape index (κ1) is 8.99. The average molecular weight is 170 g/mol. The molecule has 5 nitrogen and oxygen atoms in total. The van der Waals surface area contributed by atoms with Gasteiger partial charge in [-0.2, -0.15) is 4.98 Å². The third-order valence-electron chi connectivity index (χ3n) is 1.54. The third kappa shape index (κ3) is 2.50. The highest BCUT2D eigenvalue weighted by Crippen LogP contribution is 2.07. The number of nitrogens with two attached hydrogens (primary N) is 1. The topological polar surface area (TPSA) is 77.0 Å². The van der Waals surface area contributed by atoms with E-state index in [-0.39, 0.29) is 6.01 Å². The highest BCUT2D eigenvalue weighted by atomic mass is 16.5. The second-order valence-electron chi connectivity index (χ2n) is 3.09. The lowest BCUT2D eigenvalue weighted by Gasteiger charge is -1.98. The van der Waals surface area contributed by atoms with Gasteiger partial charge in [-0.1, -0.05) is 19.0 Å². The summed E-state index contributed by atoms with van der Waals surface area (Å²) in [4.78, 5) is 3.99. The molecule has 0 aromatic carbocycles. The van der Waals surface area contributed by atoms with E-state index in [9.17, 15) is 0 Å². The Morgan fingerprint density at radius 1 is 1.58 bits per heavy atom. The smallest absolute Gasteiger partial charge is 0.314 e. The van der Waals surface area contributed by atoms with Gasteiger partial charge in [-0.3, -0.25) is 5.43 Å². The summed E-state index contributed by atoms with van der Waals surface area (Å²) in [5.41, 5.74) is 2.29. The Balaban J connectivity index is 2.41. The van der Waals surface area contributed by atoms with Crippen LogP contribution in [0.5, 0.6) is 0 Å². The number of aromatic nitrogens is 2. The van der Waals surface area contributed by atoms with Crippen molar-refractivity contribution in [1.29, 1.82) is 0 Å². The molecule has 68 valence electrons. The monoisotopic (exact) mass is 170 g/mol. The Morgan fingerprint density at radius 2 is 2.33 bits per heavy atom. The minimum atomic E-state index is 0.272. The van der Waals surface area contributed by atoms with Gasteiger partial charge in [0, 0.05) is 6.42 Å². The zero-order valence-corrected chi connectivity index (χ0v) is 7.37.